The molecule has 1 aliphatic heterocycles. The average Bonchev–Trinajstić information content (AvgIpc) is 3.02. The Labute approximate surface area is 138 Å². The van der Waals surface area contributed by atoms with Gasteiger partial charge in [0.1, 0.15) is 0 Å². The fourth-order valence-corrected chi connectivity index (χ4v) is 6.14. The van der Waals surface area contributed by atoms with Crippen molar-refractivity contribution in [3.63, 3.8) is 0 Å². The van der Waals surface area contributed by atoms with Crippen LogP contribution in [0.25, 0.3) is 0 Å². The summed E-state index contributed by atoms with van der Waals surface area (Å²) in [5.41, 5.74) is 2.62. The fourth-order valence-electron chi connectivity index (χ4n) is 3.83. The van der Waals surface area contributed by atoms with E-state index >= 15 is 0 Å². The van der Waals surface area contributed by atoms with Crippen LogP contribution in [-0.4, -0.2) is 36.1 Å². The SMILES string of the molecule is C=C(C)C1=CN(C2CCC(CC[PH](C)(CC)CC)C2)C=CC1. The Morgan fingerprint density at radius 3 is 2.68 bits per heavy atom. The molecule has 1 saturated carbocycles. The monoisotopic (exact) mass is 321 g/mol. The van der Waals surface area contributed by atoms with Gasteiger partial charge in [0.2, 0.25) is 0 Å². The maximum absolute atomic E-state index is 4.11. The van der Waals surface area contributed by atoms with Crippen molar-refractivity contribution in [1.29, 1.82) is 0 Å². The zero-order chi connectivity index (χ0) is 16.2. The Morgan fingerprint density at radius 1 is 1.32 bits per heavy atom. The Balaban J connectivity index is 1.86. The molecular weight excluding hydrogens is 285 g/mol. The van der Waals surface area contributed by atoms with Crippen LogP contribution in [0.3, 0.4) is 0 Å². The molecule has 0 aromatic carbocycles. The van der Waals surface area contributed by atoms with Crippen LogP contribution in [-0.2, 0) is 0 Å². The van der Waals surface area contributed by atoms with Gasteiger partial charge in [-0.15, -0.1) is 0 Å². The van der Waals surface area contributed by atoms with Gasteiger partial charge in [-0.25, -0.2) is 0 Å². The number of hydrogen-bond acceptors (Lipinski definition) is 1. The molecule has 1 nitrogen and oxygen atoms in total. The molecular formula is C20H36NP. The van der Waals surface area contributed by atoms with E-state index in [0.29, 0.717) is 0 Å². The Morgan fingerprint density at radius 2 is 2.05 bits per heavy atom. The molecule has 1 fully saturated rings. The summed E-state index contributed by atoms with van der Waals surface area (Å²) in [7, 11) is -0.903. The van der Waals surface area contributed by atoms with Gasteiger partial charge in [0.15, 0.2) is 0 Å². The van der Waals surface area contributed by atoms with Crippen LogP contribution in [0.1, 0.15) is 52.9 Å². The maximum atomic E-state index is 4.11. The van der Waals surface area contributed by atoms with Gasteiger partial charge in [-0.05, 0) is 0 Å². The van der Waals surface area contributed by atoms with Gasteiger partial charge < -0.3 is 0 Å². The van der Waals surface area contributed by atoms with Crippen molar-refractivity contribution >= 4 is 7.26 Å². The van der Waals surface area contributed by atoms with Crippen LogP contribution in [0, 0.1) is 5.92 Å². The second-order valence-electron chi connectivity index (χ2n) is 7.86. The van der Waals surface area contributed by atoms with Crippen molar-refractivity contribution in [3.8, 4) is 0 Å². The molecule has 1 heterocycles. The summed E-state index contributed by atoms with van der Waals surface area (Å²) in [5.74, 6) is 0.965. The molecule has 2 unspecified atom stereocenters. The summed E-state index contributed by atoms with van der Waals surface area (Å²) in [5, 5.41) is 0. The first-order valence-corrected chi connectivity index (χ1v) is 12.4. The molecule has 0 radical (unpaired) electrons. The molecule has 22 heavy (non-hydrogen) atoms. The quantitative estimate of drug-likeness (QED) is 0.548. The third-order valence-corrected chi connectivity index (χ3v) is 11.2. The van der Waals surface area contributed by atoms with E-state index in [2.05, 4.69) is 57.4 Å². The molecule has 0 N–H and O–H groups in total. The summed E-state index contributed by atoms with van der Waals surface area (Å²) in [6.07, 6.45) is 18.1. The van der Waals surface area contributed by atoms with E-state index in [1.165, 1.54) is 49.2 Å². The molecule has 126 valence electrons. The summed E-state index contributed by atoms with van der Waals surface area (Å²) in [6.45, 7) is 13.7. The molecule has 2 aliphatic rings. The predicted molar refractivity (Wildman–Crippen MR) is 104 cm³/mol. The minimum absolute atomic E-state index is 0.729. The first-order valence-electron chi connectivity index (χ1n) is 9.28. The number of rotatable bonds is 7. The molecule has 0 bridgehead atoms. The standard InChI is InChI=1S/C20H36NP/c1-6-22(5,7-2)14-12-18-10-11-20(15-18)21-13-8-9-19(16-21)17(3)4/h8,13,16,18,20,22H,3,6-7,9-12,14-15H2,1-2,4-5H3. The van der Waals surface area contributed by atoms with E-state index < -0.39 is 7.26 Å². The molecule has 0 amide bonds. The molecule has 1 aliphatic carbocycles. The normalized spacial score (nSPS) is 26.2. The fraction of sp³-hybridized carbons (Fsp3) is 0.700. The first-order chi connectivity index (χ1) is 10.5. The zero-order valence-electron chi connectivity index (χ0n) is 15.2. The Kier molecular flexibility index (Phi) is 6.33. The van der Waals surface area contributed by atoms with Crippen LogP contribution < -0.4 is 0 Å². The second kappa shape index (κ2) is 7.82. The van der Waals surface area contributed by atoms with Crippen LogP contribution >= 0.6 is 7.26 Å². The van der Waals surface area contributed by atoms with Crippen molar-refractivity contribution in [2.45, 2.75) is 58.9 Å². The van der Waals surface area contributed by atoms with Crippen LogP contribution in [0.5, 0.6) is 0 Å². The van der Waals surface area contributed by atoms with Gasteiger partial charge in [0.25, 0.3) is 0 Å². The molecule has 0 saturated heterocycles. The Hall–Kier alpha value is -0.550. The van der Waals surface area contributed by atoms with Crippen molar-refractivity contribution in [2.75, 3.05) is 25.2 Å². The number of nitrogens with zero attached hydrogens (tertiary/aromatic N) is 1. The summed E-state index contributed by atoms with van der Waals surface area (Å²) >= 11 is 0. The van der Waals surface area contributed by atoms with Gasteiger partial charge in [-0.3, -0.25) is 0 Å². The third kappa shape index (κ3) is 4.48. The second-order valence-corrected chi connectivity index (χ2v) is 13.4. The molecule has 0 spiro atoms. The average molecular weight is 321 g/mol. The van der Waals surface area contributed by atoms with E-state index in [1.807, 2.05) is 0 Å². The van der Waals surface area contributed by atoms with Gasteiger partial charge in [0.05, 0.1) is 0 Å². The summed E-state index contributed by atoms with van der Waals surface area (Å²) in [6, 6.07) is 0.729. The van der Waals surface area contributed by atoms with E-state index in [9.17, 15) is 0 Å². The molecule has 0 aromatic rings. The molecule has 0 aromatic heterocycles. The Bertz CT molecular complexity index is 445. The van der Waals surface area contributed by atoms with E-state index in [1.54, 1.807) is 6.16 Å². The molecule has 2 rings (SSSR count). The van der Waals surface area contributed by atoms with Gasteiger partial charge in [0, 0.05) is 0 Å². The minimum atomic E-state index is -0.903. The molecule has 2 heteroatoms. The van der Waals surface area contributed by atoms with E-state index in [0.717, 1.165) is 18.4 Å². The number of hydrogen-bond donors (Lipinski definition) is 0. The van der Waals surface area contributed by atoms with Crippen LogP contribution in [0.15, 0.2) is 36.2 Å². The van der Waals surface area contributed by atoms with Gasteiger partial charge in [-0.2, -0.15) is 0 Å². The predicted octanol–water partition coefficient (Wildman–Crippen LogP) is 5.64. The van der Waals surface area contributed by atoms with Gasteiger partial charge in [-0.1, -0.05) is 0 Å². The van der Waals surface area contributed by atoms with Crippen molar-refractivity contribution in [3.05, 3.63) is 36.2 Å². The topological polar surface area (TPSA) is 3.24 Å². The summed E-state index contributed by atoms with van der Waals surface area (Å²) < 4.78 is 0. The van der Waals surface area contributed by atoms with Gasteiger partial charge >= 0.3 is 138 Å². The van der Waals surface area contributed by atoms with Crippen molar-refractivity contribution < 1.29 is 0 Å². The zero-order valence-corrected chi connectivity index (χ0v) is 16.2. The molecule has 2 atom stereocenters. The van der Waals surface area contributed by atoms with Crippen molar-refractivity contribution in [1.82, 2.24) is 4.90 Å². The number of allylic oxidation sites excluding steroid dienone is 3. The van der Waals surface area contributed by atoms with E-state index in [-0.39, 0.29) is 0 Å². The van der Waals surface area contributed by atoms with Crippen LogP contribution in [0.2, 0.25) is 0 Å². The summed E-state index contributed by atoms with van der Waals surface area (Å²) in [4.78, 5) is 2.48. The van der Waals surface area contributed by atoms with Crippen molar-refractivity contribution in [2.24, 2.45) is 5.92 Å². The van der Waals surface area contributed by atoms with E-state index in [4.69, 9.17) is 0 Å². The third-order valence-electron chi connectivity index (χ3n) is 6.27. The van der Waals surface area contributed by atoms with Crippen LogP contribution in [0.4, 0.5) is 0 Å². The first kappa shape index (κ1) is 17.8.